The van der Waals surface area contributed by atoms with E-state index in [9.17, 15) is 0 Å². The fourth-order valence-corrected chi connectivity index (χ4v) is 1.79. The number of rotatable bonds is 1. The predicted molar refractivity (Wildman–Crippen MR) is 74.3 cm³/mol. The number of hydrogen-bond acceptors (Lipinski definition) is 1. The maximum absolute atomic E-state index is 8.96. The van der Waals surface area contributed by atoms with E-state index in [0.29, 0.717) is 0 Å². The molecular formula is C17H16O. The van der Waals surface area contributed by atoms with Gasteiger partial charge in [-0.25, -0.2) is 0 Å². The van der Waals surface area contributed by atoms with Gasteiger partial charge in [-0.05, 0) is 43.2 Å². The Labute approximate surface area is 108 Å². The monoisotopic (exact) mass is 236 g/mol. The molecule has 0 amide bonds. The quantitative estimate of drug-likeness (QED) is 0.754. The molecule has 2 aromatic carbocycles. The molecule has 2 aromatic rings. The lowest BCUT2D eigenvalue weighted by molar-refractivity contribution is 0.282. The Morgan fingerprint density at radius 3 is 2.28 bits per heavy atom. The van der Waals surface area contributed by atoms with Crippen LogP contribution < -0.4 is 0 Å². The molecular weight excluding hydrogens is 220 g/mol. The van der Waals surface area contributed by atoms with Gasteiger partial charge in [0.15, 0.2) is 0 Å². The summed E-state index contributed by atoms with van der Waals surface area (Å²) in [6.07, 6.45) is 0. The third-order valence-electron chi connectivity index (χ3n) is 2.86. The van der Waals surface area contributed by atoms with Crippen LogP contribution in [0.4, 0.5) is 0 Å². The predicted octanol–water partition coefficient (Wildman–Crippen LogP) is 3.20. The highest BCUT2D eigenvalue weighted by Gasteiger charge is 1.94. The van der Waals surface area contributed by atoms with E-state index in [-0.39, 0.29) is 6.61 Å². The summed E-state index contributed by atoms with van der Waals surface area (Å²) < 4.78 is 0. The molecule has 0 saturated heterocycles. The van der Waals surface area contributed by atoms with Gasteiger partial charge >= 0.3 is 0 Å². The minimum atomic E-state index is 0.0742. The molecule has 1 nitrogen and oxygen atoms in total. The summed E-state index contributed by atoms with van der Waals surface area (Å²) in [5.74, 6) is 6.32. The molecule has 0 aliphatic carbocycles. The molecule has 0 saturated carbocycles. The number of benzene rings is 2. The van der Waals surface area contributed by atoms with E-state index in [1.54, 1.807) is 0 Å². The van der Waals surface area contributed by atoms with Crippen LogP contribution in [-0.4, -0.2) is 5.11 Å². The van der Waals surface area contributed by atoms with Crippen molar-refractivity contribution in [3.63, 3.8) is 0 Å². The van der Waals surface area contributed by atoms with Gasteiger partial charge in [0.25, 0.3) is 0 Å². The van der Waals surface area contributed by atoms with Gasteiger partial charge in [0, 0.05) is 11.1 Å². The molecule has 0 aliphatic heterocycles. The third kappa shape index (κ3) is 3.00. The van der Waals surface area contributed by atoms with Crippen LogP contribution in [0.25, 0.3) is 0 Å². The van der Waals surface area contributed by atoms with Crippen LogP contribution in [0.3, 0.4) is 0 Å². The zero-order valence-corrected chi connectivity index (χ0v) is 10.7. The fraction of sp³-hybridized carbons (Fsp3) is 0.176. The Balaban J connectivity index is 2.25. The molecule has 1 heteroatoms. The second-order valence-electron chi connectivity index (χ2n) is 4.42. The minimum Gasteiger partial charge on any atom is -0.392 e. The highest BCUT2D eigenvalue weighted by Crippen LogP contribution is 2.09. The van der Waals surface area contributed by atoms with Gasteiger partial charge in [-0.1, -0.05) is 41.7 Å². The maximum Gasteiger partial charge on any atom is 0.0681 e. The third-order valence-corrected chi connectivity index (χ3v) is 2.86. The van der Waals surface area contributed by atoms with Gasteiger partial charge in [0.2, 0.25) is 0 Å². The van der Waals surface area contributed by atoms with E-state index in [2.05, 4.69) is 43.9 Å². The van der Waals surface area contributed by atoms with Crippen LogP contribution in [0.15, 0.2) is 42.5 Å². The first kappa shape index (κ1) is 12.4. The van der Waals surface area contributed by atoms with Crippen molar-refractivity contribution >= 4 is 0 Å². The summed E-state index contributed by atoms with van der Waals surface area (Å²) in [7, 11) is 0. The first-order valence-electron chi connectivity index (χ1n) is 5.98. The normalized spacial score (nSPS) is 9.72. The Morgan fingerprint density at radius 1 is 0.944 bits per heavy atom. The summed E-state index contributed by atoms with van der Waals surface area (Å²) in [6, 6.07) is 13.9. The molecule has 0 fully saturated rings. The Morgan fingerprint density at radius 2 is 1.67 bits per heavy atom. The highest BCUT2D eigenvalue weighted by atomic mass is 16.3. The standard InChI is InChI=1S/C17H16O/c1-13-3-9-17(14(2)11-13)10-8-15-4-6-16(12-18)7-5-15/h3-7,9,11,18H,12H2,1-2H3. The molecule has 90 valence electrons. The van der Waals surface area contributed by atoms with Crippen LogP contribution in [0.2, 0.25) is 0 Å². The van der Waals surface area contributed by atoms with Crippen molar-refractivity contribution in [3.05, 3.63) is 70.3 Å². The van der Waals surface area contributed by atoms with Gasteiger partial charge in [0.05, 0.1) is 6.61 Å². The first-order chi connectivity index (χ1) is 8.69. The van der Waals surface area contributed by atoms with Crippen molar-refractivity contribution in [1.82, 2.24) is 0 Å². The Bertz CT molecular complexity index is 598. The van der Waals surface area contributed by atoms with Gasteiger partial charge in [-0.2, -0.15) is 0 Å². The van der Waals surface area contributed by atoms with Gasteiger partial charge in [-0.3, -0.25) is 0 Å². The maximum atomic E-state index is 8.96. The highest BCUT2D eigenvalue weighted by molar-refractivity contribution is 5.47. The van der Waals surface area contributed by atoms with Crippen LogP contribution in [0, 0.1) is 25.7 Å². The summed E-state index contributed by atoms with van der Waals surface area (Å²) in [6.45, 7) is 4.23. The lowest BCUT2D eigenvalue weighted by Crippen LogP contribution is -1.84. The summed E-state index contributed by atoms with van der Waals surface area (Å²) in [5.41, 5.74) is 5.39. The topological polar surface area (TPSA) is 20.2 Å². The van der Waals surface area contributed by atoms with E-state index in [1.807, 2.05) is 24.3 Å². The molecule has 0 spiro atoms. The molecule has 1 N–H and O–H groups in total. The van der Waals surface area contributed by atoms with Crippen LogP contribution in [0.1, 0.15) is 27.8 Å². The second-order valence-corrected chi connectivity index (χ2v) is 4.42. The number of hydrogen-bond donors (Lipinski definition) is 1. The van der Waals surface area contributed by atoms with Crippen molar-refractivity contribution in [2.75, 3.05) is 0 Å². The van der Waals surface area contributed by atoms with Crippen LogP contribution >= 0.6 is 0 Å². The van der Waals surface area contributed by atoms with Crippen LogP contribution in [-0.2, 0) is 6.61 Å². The zero-order chi connectivity index (χ0) is 13.0. The lowest BCUT2D eigenvalue weighted by Gasteiger charge is -1.99. The Kier molecular flexibility index (Phi) is 3.82. The SMILES string of the molecule is Cc1ccc(C#Cc2ccc(CO)cc2)c(C)c1. The average Bonchev–Trinajstić information content (AvgIpc) is 2.38. The van der Waals surface area contributed by atoms with Crippen molar-refractivity contribution in [1.29, 1.82) is 0 Å². The van der Waals surface area contributed by atoms with E-state index in [0.717, 1.165) is 16.7 Å². The van der Waals surface area contributed by atoms with Crippen molar-refractivity contribution in [2.24, 2.45) is 0 Å². The fourth-order valence-electron chi connectivity index (χ4n) is 1.79. The zero-order valence-electron chi connectivity index (χ0n) is 10.7. The number of aryl methyl sites for hydroxylation is 2. The summed E-state index contributed by atoms with van der Waals surface area (Å²) in [5, 5.41) is 8.96. The van der Waals surface area contributed by atoms with Crippen molar-refractivity contribution < 1.29 is 5.11 Å². The molecule has 0 bridgehead atoms. The summed E-state index contributed by atoms with van der Waals surface area (Å²) in [4.78, 5) is 0. The first-order valence-corrected chi connectivity index (χ1v) is 5.98. The smallest absolute Gasteiger partial charge is 0.0681 e. The number of aliphatic hydroxyl groups is 1. The van der Waals surface area contributed by atoms with E-state index < -0.39 is 0 Å². The van der Waals surface area contributed by atoms with Gasteiger partial charge < -0.3 is 5.11 Å². The van der Waals surface area contributed by atoms with Crippen LogP contribution in [0.5, 0.6) is 0 Å². The molecule has 0 unspecified atom stereocenters. The van der Waals surface area contributed by atoms with E-state index in [4.69, 9.17) is 5.11 Å². The molecule has 2 rings (SSSR count). The number of aliphatic hydroxyl groups excluding tert-OH is 1. The van der Waals surface area contributed by atoms with E-state index >= 15 is 0 Å². The average molecular weight is 236 g/mol. The van der Waals surface area contributed by atoms with Gasteiger partial charge in [0.1, 0.15) is 0 Å². The Hall–Kier alpha value is -2.04. The molecule has 0 aromatic heterocycles. The van der Waals surface area contributed by atoms with Gasteiger partial charge in [-0.15, -0.1) is 0 Å². The largest absolute Gasteiger partial charge is 0.392 e. The molecule has 18 heavy (non-hydrogen) atoms. The lowest BCUT2D eigenvalue weighted by atomic mass is 10.1. The molecule has 0 radical (unpaired) electrons. The second kappa shape index (κ2) is 5.53. The molecule has 0 aliphatic rings. The summed E-state index contributed by atoms with van der Waals surface area (Å²) >= 11 is 0. The minimum absolute atomic E-state index is 0.0742. The van der Waals surface area contributed by atoms with Crippen molar-refractivity contribution in [3.8, 4) is 11.8 Å². The molecule has 0 atom stereocenters. The molecule has 0 heterocycles. The van der Waals surface area contributed by atoms with E-state index in [1.165, 1.54) is 11.1 Å². The van der Waals surface area contributed by atoms with Crippen molar-refractivity contribution in [2.45, 2.75) is 20.5 Å².